The maximum atomic E-state index is 12.5. The molecule has 8 nitrogen and oxygen atoms in total. The Kier molecular flexibility index (Phi) is 31.6. The zero-order valence-corrected chi connectivity index (χ0v) is 33.0. The molecule has 1 heterocycles. The highest BCUT2D eigenvalue weighted by Gasteiger charge is 2.47. The van der Waals surface area contributed by atoms with Gasteiger partial charge in [-0.3, -0.25) is 9.59 Å². The molecule has 0 radical (unpaired) electrons. The number of methoxy groups -OCH3 is 1. The summed E-state index contributed by atoms with van der Waals surface area (Å²) < 4.78 is 21.9. The number of aliphatic hydroxyl groups is 2. The van der Waals surface area contributed by atoms with E-state index in [4.69, 9.17) is 18.9 Å². The number of hydrogen-bond donors (Lipinski definition) is 2. The van der Waals surface area contributed by atoms with Crippen LogP contribution in [0.15, 0.2) is 24.3 Å². The van der Waals surface area contributed by atoms with Crippen molar-refractivity contribution in [1.29, 1.82) is 0 Å². The molecule has 0 amide bonds. The quantitative estimate of drug-likeness (QED) is 0.0383. The standard InChI is InChI=1S/C43H78O8.2H2/c1-4-6-8-10-12-14-16-18-20-22-24-26-28-30-32-34-38(44)49-36-37-40(46)41(47)42(43(48-3)50-37)51-39(45)35-33-31-29-27-25-23-21-19-17-15-13-11-9-7-5-2;;/h18-21,37,40-43,46-47H,4-17,22-36H2,1-3H3;2*1H/b20-18+,21-19+;;/t37-,40-,41+,42-,43?;;/m1../s1. The van der Waals surface area contributed by atoms with Crippen molar-refractivity contribution in [3.63, 3.8) is 0 Å². The van der Waals surface area contributed by atoms with E-state index in [1.807, 2.05) is 0 Å². The third-order valence-electron chi connectivity index (χ3n) is 9.84. The first-order valence-corrected chi connectivity index (χ1v) is 21.1. The lowest BCUT2D eigenvalue weighted by Crippen LogP contribution is -2.60. The third kappa shape index (κ3) is 25.8. The molecule has 0 aromatic rings. The van der Waals surface area contributed by atoms with Gasteiger partial charge in [-0.25, -0.2) is 0 Å². The van der Waals surface area contributed by atoms with Crippen LogP contribution in [0.4, 0.5) is 0 Å². The van der Waals surface area contributed by atoms with E-state index < -0.39 is 36.7 Å². The zero-order chi connectivity index (χ0) is 37.2. The van der Waals surface area contributed by atoms with Crippen LogP contribution in [0.1, 0.15) is 196 Å². The third-order valence-corrected chi connectivity index (χ3v) is 9.84. The van der Waals surface area contributed by atoms with Crippen LogP contribution in [0.2, 0.25) is 0 Å². The Morgan fingerprint density at radius 1 is 0.569 bits per heavy atom. The van der Waals surface area contributed by atoms with Crippen LogP contribution in [-0.2, 0) is 28.5 Å². The van der Waals surface area contributed by atoms with Crippen molar-refractivity contribution in [3.05, 3.63) is 24.3 Å². The van der Waals surface area contributed by atoms with Gasteiger partial charge in [-0.2, -0.15) is 0 Å². The number of allylic oxidation sites excluding steroid dienone is 4. The minimum absolute atomic E-state index is 0. The normalized spacial score (nSPS) is 20.8. The molecule has 1 aliphatic rings. The molecule has 5 atom stereocenters. The highest BCUT2D eigenvalue weighted by molar-refractivity contribution is 5.69. The lowest BCUT2D eigenvalue weighted by molar-refractivity contribution is -0.298. The second-order valence-corrected chi connectivity index (χ2v) is 14.6. The highest BCUT2D eigenvalue weighted by atomic mass is 16.7. The van der Waals surface area contributed by atoms with Crippen LogP contribution in [0.25, 0.3) is 0 Å². The van der Waals surface area contributed by atoms with Gasteiger partial charge in [0.15, 0.2) is 12.4 Å². The number of aliphatic hydroxyl groups excluding tert-OH is 2. The molecule has 2 N–H and O–H groups in total. The fourth-order valence-electron chi connectivity index (χ4n) is 6.50. The minimum atomic E-state index is -1.42. The first-order valence-electron chi connectivity index (χ1n) is 21.1. The molecule has 0 spiro atoms. The fourth-order valence-corrected chi connectivity index (χ4v) is 6.50. The number of unbranched alkanes of at least 4 members (excludes halogenated alkanes) is 22. The SMILES string of the molecule is CCCCCCCC/C=C/CCCCCCCC(=O)OC[C@H]1OC(OC)[C@H](OC(=O)CCCCCCC/C=C/CCCCCCCC)[C@@H](O)[C@@H]1O.[HH].[HH]. The highest BCUT2D eigenvalue weighted by Crippen LogP contribution is 2.25. The topological polar surface area (TPSA) is 112 Å². The molecule has 8 heteroatoms. The number of rotatable bonds is 34. The van der Waals surface area contributed by atoms with Crippen molar-refractivity contribution < 1.29 is 41.6 Å². The lowest BCUT2D eigenvalue weighted by Gasteiger charge is -2.41. The molecule has 0 saturated carbocycles. The van der Waals surface area contributed by atoms with Crippen LogP contribution in [0, 0.1) is 0 Å². The van der Waals surface area contributed by atoms with Gasteiger partial charge in [0.2, 0.25) is 0 Å². The molecule has 1 unspecified atom stereocenters. The van der Waals surface area contributed by atoms with E-state index in [1.165, 1.54) is 103 Å². The Morgan fingerprint density at radius 2 is 0.961 bits per heavy atom. The molecule has 1 rings (SSSR count). The van der Waals surface area contributed by atoms with Gasteiger partial charge in [0.25, 0.3) is 0 Å². The van der Waals surface area contributed by atoms with Crippen molar-refractivity contribution >= 4 is 11.9 Å². The number of esters is 2. The van der Waals surface area contributed by atoms with Crippen molar-refractivity contribution in [3.8, 4) is 0 Å². The fraction of sp³-hybridized carbons (Fsp3) is 0.860. The van der Waals surface area contributed by atoms with Crippen LogP contribution in [0.5, 0.6) is 0 Å². The molecule has 1 fully saturated rings. The van der Waals surface area contributed by atoms with E-state index in [-0.39, 0.29) is 21.9 Å². The predicted octanol–water partition coefficient (Wildman–Crippen LogP) is 11.1. The Bertz CT molecular complexity index is 882. The van der Waals surface area contributed by atoms with Crippen molar-refractivity contribution in [2.75, 3.05) is 13.7 Å². The van der Waals surface area contributed by atoms with Crippen molar-refractivity contribution in [2.24, 2.45) is 0 Å². The van der Waals surface area contributed by atoms with Gasteiger partial charge in [0, 0.05) is 22.8 Å². The molecule has 51 heavy (non-hydrogen) atoms. The predicted molar refractivity (Wildman–Crippen MR) is 212 cm³/mol. The molecule has 0 bridgehead atoms. The maximum absolute atomic E-state index is 12.5. The Balaban J connectivity index is 0. The number of hydrogen-bond acceptors (Lipinski definition) is 8. The number of carbonyl (C=O) groups excluding carboxylic acids is 2. The van der Waals surface area contributed by atoms with Gasteiger partial charge in [-0.05, 0) is 64.2 Å². The molecule has 0 aliphatic carbocycles. The summed E-state index contributed by atoms with van der Waals surface area (Å²) in [4.78, 5) is 24.8. The second kappa shape index (κ2) is 34.1. The van der Waals surface area contributed by atoms with Gasteiger partial charge < -0.3 is 29.2 Å². The largest absolute Gasteiger partial charge is 0.463 e. The van der Waals surface area contributed by atoms with Crippen LogP contribution in [0.3, 0.4) is 0 Å². The van der Waals surface area contributed by atoms with E-state index in [0.717, 1.165) is 64.2 Å². The Labute approximate surface area is 315 Å². The average Bonchev–Trinajstić information content (AvgIpc) is 3.13. The molecule has 1 aliphatic heterocycles. The number of carbonyl (C=O) groups is 2. The summed E-state index contributed by atoms with van der Waals surface area (Å²) in [6, 6.07) is 0. The van der Waals surface area contributed by atoms with Crippen LogP contribution in [-0.4, -0.2) is 66.6 Å². The molecule has 302 valence electrons. The molecule has 0 aromatic carbocycles. The zero-order valence-electron chi connectivity index (χ0n) is 33.0. The van der Waals surface area contributed by atoms with Gasteiger partial charge in [-0.15, -0.1) is 0 Å². The van der Waals surface area contributed by atoms with Gasteiger partial charge in [-0.1, -0.05) is 141 Å². The van der Waals surface area contributed by atoms with E-state index in [9.17, 15) is 19.8 Å². The summed E-state index contributed by atoms with van der Waals surface area (Å²) in [5, 5.41) is 21.4. The van der Waals surface area contributed by atoms with Crippen molar-refractivity contribution in [2.45, 2.75) is 224 Å². The lowest BCUT2D eigenvalue weighted by atomic mass is 9.99. The monoisotopic (exact) mass is 727 g/mol. The van der Waals surface area contributed by atoms with E-state index in [0.29, 0.717) is 12.8 Å². The summed E-state index contributed by atoms with van der Waals surface area (Å²) in [6.07, 6.45) is 34.5. The first kappa shape index (κ1) is 47.3. The minimum Gasteiger partial charge on any atom is -0.463 e. The van der Waals surface area contributed by atoms with Crippen molar-refractivity contribution in [1.82, 2.24) is 0 Å². The van der Waals surface area contributed by atoms with Crippen LogP contribution >= 0.6 is 0 Å². The molecule has 1 saturated heterocycles. The first-order chi connectivity index (χ1) is 24.9. The number of ether oxygens (including phenoxy) is 4. The smallest absolute Gasteiger partial charge is 0.306 e. The second-order valence-electron chi connectivity index (χ2n) is 14.6. The van der Waals surface area contributed by atoms with E-state index in [2.05, 4.69) is 38.2 Å². The van der Waals surface area contributed by atoms with E-state index in [1.54, 1.807) is 0 Å². The maximum Gasteiger partial charge on any atom is 0.306 e. The molecular formula is C43H82O8. The summed E-state index contributed by atoms with van der Waals surface area (Å²) in [6.45, 7) is 4.29. The average molecular weight is 727 g/mol. The summed E-state index contributed by atoms with van der Waals surface area (Å²) in [7, 11) is 1.38. The van der Waals surface area contributed by atoms with E-state index >= 15 is 0 Å². The molecule has 0 aromatic heterocycles. The summed E-state index contributed by atoms with van der Waals surface area (Å²) in [5.41, 5.74) is 0. The van der Waals surface area contributed by atoms with Gasteiger partial charge >= 0.3 is 11.9 Å². The Morgan fingerprint density at radius 3 is 1.39 bits per heavy atom. The summed E-state index contributed by atoms with van der Waals surface area (Å²) >= 11 is 0. The van der Waals surface area contributed by atoms with Gasteiger partial charge in [0.05, 0.1) is 0 Å². The Hall–Kier alpha value is -1.74. The van der Waals surface area contributed by atoms with Gasteiger partial charge in [0.1, 0.15) is 24.9 Å². The summed E-state index contributed by atoms with van der Waals surface area (Å²) in [5.74, 6) is -0.820. The van der Waals surface area contributed by atoms with Crippen LogP contribution < -0.4 is 0 Å². The molecular weight excluding hydrogens is 644 g/mol.